The number of halogens is 1. The van der Waals surface area contributed by atoms with Crippen molar-refractivity contribution >= 4 is 31.9 Å². The Balaban J connectivity index is 2.67. The summed E-state index contributed by atoms with van der Waals surface area (Å²) in [6, 6.07) is 0.950. The van der Waals surface area contributed by atoms with Gasteiger partial charge < -0.3 is 14.6 Å². The Labute approximate surface area is 125 Å². The zero-order valence-electron chi connectivity index (χ0n) is 10.8. The molecule has 1 atom stereocenters. The van der Waals surface area contributed by atoms with Crippen LogP contribution in [0.2, 0.25) is 0 Å². The van der Waals surface area contributed by atoms with Crippen LogP contribution in [-0.4, -0.2) is 37.8 Å². The van der Waals surface area contributed by atoms with Crippen LogP contribution in [0, 0.1) is 5.92 Å². The first-order valence-corrected chi connectivity index (χ1v) is 8.18. The molecule has 1 unspecified atom stereocenters. The average Bonchev–Trinajstić information content (AvgIpc) is 2.77. The number of carboxylic acids is 1. The summed E-state index contributed by atoms with van der Waals surface area (Å²) in [5, 5.41) is 17.6. The van der Waals surface area contributed by atoms with Crippen molar-refractivity contribution in [2.75, 3.05) is 13.2 Å². The Kier molecular flexibility index (Phi) is 6.18. The van der Waals surface area contributed by atoms with E-state index in [0.29, 0.717) is 12.8 Å². The molecule has 9 heteroatoms. The van der Waals surface area contributed by atoms with Crippen molar-refractivity contribution in [1.29, 1.82) is 0 Å². The van der Waals surface area contributed by atoms with Gasteiger partial charge in [-0.3, -0.25) is 0 Å². The molecule has 0 aromatic carbocycles. The van der Waals surface area contributed by atoms with Gasteiger partial charge in [0.25, 0.3) is 0 Å². The number of aliphatic hydroxyl groups is 1. The van der Waals surface area contributed by atoms with Crippen molar-refractivity contribution < 1.29 is 27.8 Å². The molecule has 0 radical (unpaired) electrons. The first-order valence-electron chi connectivity index (χ1n) is 5.91. The van der Waals surface area contributed by atoms with Crippen LogP contribution in [0.3, 0.4) is 0 Å². The maximum absolute atomic E-state index is 12.0. The highest BCUT2D eigenvalue weighted by Gasteiger charge is 2.24. The SMILES string of the molecule is CC(CO)CCCNS(=O)(=O)c1cc(C(=O)O)oc1Br. The number of aliphatic hydroxyl groups excluding tert-OH is 1. The zero-order chi connectivity index (χ0) is 15.3. The third kappa shape index (κ3) is 4.58. The van der Waals surface area contributed by atoms with Gasteiger partial charge in [-0.05, 0) is 34.7 Å². The highest BCUT2D eigenvalue weighted by molar-refractivity contribution is 9.10. The molecule has 0 amide bonds. The maximum Gasteiger partial charge on any atom is 0.371 e. The lowest BCUT2D eigenvalue weighted by Gasteiger charge is -2.08. The van der Waals surface area contributed by atoms with Crippen molar-refractivity contribution in [3.8, 4) is 0 Å². The van der Waals surface area contributed by atoms with E-state index in [1.165, 1.54) is 0 Å². The Morgan fingerprint density at radius 1 is 1.55 bits per heavy atom. The minimum atomic E-state index is -3.82. The van der Waals surface area contributed by atoms with Gasteiger partial charge in [-0.25, -0.2) is 17.9 Å². The van der Waals surface area contributed by atoms with Gasteiger partial charge in [0.15, 0.2) is 4.67 Å². The highest BCUT2D eigenvalue weighted by Crippen LogP contribution is 2.26. The fourth-order valence-corrected chi connectivity index (χ4v) is 3.48. The van der Waals surface area contributed by atoms with Gasteiger partial charge in [0, 0.05) is 19.2 Å². The van der Waals surface area contributed by atoms with E-state index in [0.717, 1.165) is 6.07 Å². The molecule has 1 aromatic heterocycles. The van der Waals surface area contributed by atoms with E-state index in [9.17, 15) is 13.2 Å². The molecule has 0 aliphatic heterocycles. The van der Waals surface area contributed by atoms with Gasteiger partial charge in [0.2, 0.25) is 15.8 Å². The molecule has 20 heavy (non-hydrogen) atoms. The minimum absolute atomic E-state index is 0.0575. The molecule has 1 rings (SSSR count). The normalized spacial score (nSPS) is 13.3. The number of hydrogen-bond donors (Lipinski definition) is 3. The second-order valence-electron chi connectivity index (χ2n) is 4.38. The summed E-state index contributed by atoms with van der Waals surface area (Å²) < 4.78 is 30.9. The van der Waals surface area contributed by atoms with Crippen LogP contribution in [0.1, 0.15) is 30.3 Å². The van der Waals surface area contributed by atoms with E-state index in [2.05, 4.69) is 20.7 Å². The van der Waals surface area contributed by atoms with Crippen LogP contribution in [0.25, 0.3) is 0 Å². The molecule has 0 bridgehead atoms. The number of furan rings is 1. The lowest BCUT2D eigenvalue weighted by Crippen LogP contribution is -2.25. The van der Waals surface area contributed by atoms with Gasteiger partial charge in [-0.1, -0.05) is 6.92 Å². The number of aromatic carboxylic acids is 1. The zero-order valence-corrected chi connectivity index (χ0v) is 13.2. The lowest BCUT2D eigenvalue weighted by atomic mass is 10.1. The maximum atomic E-state index is 12.0. The number of hydrogen-bond acceptors (Lipinski definition) is 5. The fourth-order valence-electron chi connectivity index (χ4n) is 1.47. The predicted molar refractivity (Wildman–Crippen MR) is 74.0 cm³/mol. The summed E-state index contributed by atoms with van der Waals surface area (Å²) in [5.41, 5.74) is 0. The van der Waals surface area contributed by atoms with E-state index in [4.69, 9.17) is 14.6 Å². The number of carbonyl (C=O) groups is 1. The summed E-state index contributed by atoms with van der Waals surface area (Å²) in [4.78, 5) is 10.5. The van der Waals surface area contributed by atoms with Crippen molar-refractivity contribution in [2.45, 2.75) is 24.7 Å². The molecule has 0 saturated heterocycles. The molecule has 7 nitrogen and oxygen atoms in total. The Morgan fingerprint density at radius 3 is 2.70 bits per heavy atom. The van der Waals surface area contributed by atoms with Crippen LogP contribution in [0.4, 0.5) is 0 Å². The Hall–Kier alpha value is -0.900. The van der Waals surface area contributed by atoms with Crippen LogP contribution in [0.15, 0.2) is 20.0 Å². The predicted octanol–water partition coefficient (Wildman–Crippen LogP) is 1.43. The van der Waals surface area contributed by atoms with Crippen molar-refractivity contribution in [2.24, 2.45) is 5.92 Å². The standard InChI is InChI=1S/C11H16BrNO6S/c1-7(6-14)3-2-4-13-20(17,18)9-5-8(11(15)16)19-10(9)12/h5,7,13-14H,2-4,6H2,1H3,(H,15,16). The molecule has 0 spiro atoms. The summed E-state index contributed by atoms with van der Waals surface area (Å²) in [7, 11) is -3.82. The van der Waals surface area contributed by atoms with E-state index in [1.54, 1.807) is 0 Å². The molecule has 1 aromatic rings. The van der Waals surface area contributed by atoms with Crippen molar-refractivity contribution in [3.63, 3.8) is 0 Å². The smallest absolute Gasteiger partial charge is 0.371 e. The molecular weight excluding hydrogens is 354 g/mol. The van der Waals surface area contributed by atoms with Crippen LogP contribution < -0.4 is 4.72 Å². The fraction of sp³-hybridized carbons (Fsp3) is 0.545. The number of sulfonamides is 1. The molecule has 0 saturated carbocycles. The van der Waals surface area contributed by atoms with Crippen LogP contribution in [0.5, 0.6) is 0 Å². The Bertz CT molecular complexity index is 567. The monoisotopic (exact) mass is 369 g/mol. The summed E-state index contributed by atoms with van der Waals surface area (Å²) in [6.45, 7) is 2.12. The summed E-state index contributed by atoms with van der Waals surface area (Å²) >= 11 is 2.88. The molecule has 0 aliphatic carbocycles. The number of rotatable bonds is 8. The third-order valence-electron chi connectivity index (χ3n) is 2.63. The minimum Gasteiger partial charge on any atom is -0.475 e. The van der Waals surface area contributed by atoms with Crippen molar-refractivity contribution in [3.05, 3.63) is 16.5 Å². The third-order valence-corrected chi connectivity index (χ3v) is 4.95. The molecule has 3 N–H and O–H groups in total. The van der Waals surface area contributed by atoms with E-state index in [-0.39, 0.29) is 28.6 Å². The topological polar surface area (TPSA) is 117 Å². The van der Waals surface area contributed by atoms with E-state index in [1.807, 2.05) is 6.92 Å². The summed E-state index contributed by atoms with van der Waals surface area (Å²) in [6.07, 6.45) is 1.26. The summed E-state index contributed by atoms with van der Waals surface area (Å²) in [5.74, 6) is -1.69. The van der Waals surface area contributed by atoms with Gasteiger partial charge in [0.05, 0.1) is 0 Å². The quantitative estimate of drug-likeness (QED) is 0.596. The number of nitrogens with one attached hydrogen (secondary N) is 1. The van der Waals surface area contributed by atoms with Gasteiger partial charge in [0.1, 0.15) is 4.90 Å². The molecular formula is C11H16BrNO6S. The largest absolute Gasteiger partial charge is 0.475 e. The molecule has 0 fully saturated rings. The Morgan fingerprint density at radius 2 is 2.20 bits per heavy atom. The second kappa shape index (κ2) is 7.21. The number of carboxylic acid groups (broad SMARTS) is 1. The molecule has 0 aliphatic rings. The van der Waals surface area contributed by atoms with Gasteiger partial charge in [-0.15, -0.1) is 0 Å². The van der Waals surface area contributed by atoms with Crippen LogP contribution >= 0.6 is 15.9 Å². The average molecular weight is 370 g/mol. The first kappa shape index (κ1) is 17.2. The highest BCUT2D eigenvalue weighted by atomic mass is 79.9. The van der Waals surface area contributed by atoms with Crippen LogP contribution in [-0.2, 0) is 10.0 Å². The lowest BCUT2D eigenvalue weighted by molar-refractivity contribution is 0.0661. The van der Waals surface area contributed by atoms with Crippen molar-refractivity contribution in [1.82, 2.24) is 4.72 Å². The van der Waals surface area contributed by atoms with E-state index >= 15 is 0 Å². The molecule has 114 valence electrons. The second-order valence-corrected chi connectivity index (χ2v) is 6.84. The first-order chi connectivity index (χ1) is 9.27. The molecule has 1 heterocycles. The van der Waals surface area contributed by atoms with E-state index < -0.39 is 21.8 Å². The van der Waals surface area contributed by atoms with Gasteiger partial charge in [-0.2, -0.15) is 0 Å². The van der Waals surface area contributed by atoms with Gasteiger partial charge >= 0.3 is 5.97 Å².